The fourth-order valence-electron chi connectivity index (χ4n) is 3.11. The SMILES string of the molecule is CCC(C)(C)CC(c1ccc(O)c(CN(C)CCO)c1)C(C)(C)C. The number of hydrogen-bond donors (Lipinski definition) is 2. The normalized spacial score (nSPS) is 14.2. The van der Waals surface area contributed by atoms with Crippen LogP contribution < -0.4 is 0 Å². The highest BCUT2D eigenvalue weighted by Crippen LogP contribution is 2.45. The van der Waals surface area contributed by atoms with Gasteiger partial charge in [-0.25, -0.2) is 0 Å². The van der Waals surface area contributed by atoms with Crippen LogP contribution in [0.15, 0.2) is 18.2 Å². The van der Waals surface area contributed by atoms with Gasteiger partial charge in [0.15, 0.2) is 0 Å². The first-order valence-electron chi connectivity index (χ1n) is 9.11. The molecule has 0 radical (unpaired) electrons. The monoisotopic (exact) mass is 335 g/mol. The molecule has 3 heteroatoms. The Hall–Kier alpha value is -1.06. The smallest absolute Gasteiger partial charge is 0.120 e. The van der Waals surface area contributed by atoms with Crippen LogP contribution >= 0.6 is 0 Å². The molecule has 0 spiro atoms. The van der Waals surface area contributed by atoms with Crippen molar-refractivity contribution < 1.29 is 10.2 Å². The summed E-state index contributed by atoms with van der Waals surface area (Å²) in [5, 5.41) is 19.3. The van der Waals surface area contributed by atoms with Crippen molar-refractivity contribution in [3.8, 4) is 5.75 Å². The Bertz CT molecular complexity index is 517. The summed E-state index contributed by atoms with van der Waals surface area (Å²) in [7, 11) is 1.96. The predicted octanol–water partition coefficient (Wildman–Crippen LogP) is 4.77. The molecule has 1 aromatic rings. The molecule has 3 nitrogen and oxygen atoms in total. The number of likely N-dealkylation sites (N-methyl/N-ethyl adjacent to an activating group) is 1. The molecule has 0 saturated heterocycles. The van der Waals surface area contributed by atoms with Crippen LogP contribution in [0.3, 0.4) is 0 Å². The fraction of sp³-hybridized carbons (Fsp3) is 0.714. The Labute approximate surface area is 148 Å². The second-order valence-electron chi connectivity index (χ2n) is 8.99. The van der Waals surface area contributed by atoms with Crippen LogP contribution in [0.5, 0.6) is 5.75 Å². The van der Waals surface area contributed by atoms with Crippen molar-refractivity contribution in [2.75, 3.05) is 20.2 Å². The maximum absolute atomic E-state index is 10.2. The minimum absolute atomic E-state index is 0.131. The zero-order chi connectivity index (χ0) is 18.5. The van der Waals surface area contributed by atoms with Gasteiger partial charge in [0, 0.05) is 18.7 Å². The fourth-order valence-corrected chi connectivity index (χ4v) is 3.11. The highest BCUT2D eigenvalue weighted by atomic mass is 16.3. The maximum Gasteiger partial charge on any atom is 0.120 e. The standard InChI is InChI=1S/C21H37NO2/c1-8-21(5,6)14-18(20(2,3)4)16-9-10-19(24)17(13-16)15-22(7)11-12-23/h9-10,13,18,23-24H,8,11-12,14-15H2,1-7H3. The number of phenols is 1. The van der Waals surface area contributed by atoms with E-state index in [0.29, 0.717) is 30.2 Å². The Morgan fingerprint density at radius 3 is 2.25 bits per heavy atom. The van der Waals surface area contributed by atoms with Crippen LogP contribution in [0.1, 0.15) is 71.4 Å². The Morgan fingerprint density at radius 2 is 1.75 bits per heavy atom. The third-order valence-corrected chi connectivity index (χ3v) is 5.19. The summed E-state index contributed by atoms with van der Waals surface area (Å²) in [5.74, 6) is 0.779. The van der Waals surface area contributed by atoms with Crippen LogP contribution in [0.25, 0.3) is 0 Å². The van der Waals surface area contributed by atoms with E-state index in [1.54, 1.807) is 0 Å². The van der Waals surface area contributed by atoms with Gasteiger partial charge in [0.05, 0.1) is 6.61 Å². The molecule has 0 aromatic heterocycles. The lowest BCUT2D eigenvalue weighted by molar-refractivity contribution is 0.207. The summed E-state index contributed by atoms with van der Waals surface area (Å²) in [6, 6.07) is 6.06. The number of aromatic hydroxyl groups is 1. The molecular formula is C21H37NO2. The topological polar surface area (TPSA) is 43.7 Å². The van der Waals surface area contributed by atoms with Crippen molar-refractivity contribution in [1.82, 2.24) is 4.90 Å². The molecule has 0 aliphatic rings. The van der Waals surface area contributed by atoms with Gasteiger partial charge < -0.3 is 10.2 Å². The quantitative estimate of drug-likeness (QED) is 0.719. The average molecular weight is 336 g/mol. The molecule has 1 unspecified atom stereocenters. The summed E-state index contributed by atoms with van der Waals surface area (Å²) >= 11 is 0. The predicted molar refractivity (Wildman–Crippen MR) is 102 cm³/mol. The van der Waals surface area contributed by atoms with Crippen molar-refractivity contribution in [3.05, 3.63) is 29.3 Å². The van der Waals surface area contributed by atoms with E-state index in [9.17, 15) is 5.11 Å². The summed E-state index contributed by atoms with van der Waals surface area (Å²) in [5.41, 5.74) is 2.70. The van der Waals surface area contributed by atoms with Gasteiger partial charge >= 0.3 is 0 Å². The van der Waals surface area contributed by atoms with Crippen molar-refractivity contribution in [2.24, 2.45) is 10.8 Å². The first-order valence-corrected chi connectivity index (χ1v) is 9.11. The Morgan fingerprint density at radius 1 is 1.12 bits per heavy atom. The first kappa shape index (κ1) is 21.0. The molecule has 2 N–H and O–H groups in total. The molecule has 0 bridgehead atoms. The average Bonchev–Trinajstić information content (AvgIpc) is 2.46. The van der Waals surface area contributed by atoms with Gasteiger partial charge in [-0.1, -0.05) is 60.1 Å². The molecule has 0 fully saturated rings. The molecule has 138 valence electrons. The summed E-state index contributed by atoms with van der Waals surface area (Å²) in [6.07, 6.45) is 2.29. The van der Waals surface area contributed by atoms with Crippen LogP contribution in [0.2, 0.25) is 0 Å². The number of aliphatic hydroxyl groups excluding tert-OH is 1. The van der Waals surface area contributed by atoms with E-state index in [-0.39, 0.29) is 12.0 Å². The van der Waals surface area contributed by atoms with Crippen LogP contribution in [0, 0.1) is 10.8 Å². The minimum Gasteiger partial charge on any atom is -0.508 e. The Kier molecular flexibility index (Phi) is 7.30. The van der Waals surface area contributed by atoms with Crippen molar-refractivity contribution in [3.63, 3.8) is 0 Å². The van der Waals surface area contributed by atoms with E-state index in [1.807, 2.05) is 18.0 Å². The minimum atomic E-state index is 0.131. The van der Waals surface area contributed by atoms with E-state index < -0.39 is 0 Å². The second kappa shape index (κ2) is 8.35. The maximum atomic E-state index is 10.2. The van der Waals surface area contributed by atoms with E-state index in [1.165, 1.54) is 5.56 Å². The van der Waals surface area contributed by atoms with Crippen molar-refractivity contribution in [1.29, 1.82) is 0 Å². The molecule has 0 aliphatic heterocycles. The summed E-state index contributed by atoms with van der Waals surface area (Å²) in [4.78, 5) is 2.03. The van der Waals surface area contributed by atoms with E-state index in [0.717, 1.165) is 18.4 Å². The number of rotatable bonds is 8. The molecule has 0 saturated carbocycles. The zero-order valence-corrected chi connectivity index (χ0v) is 16.7. The van der Waals surface area contributed by atoms with Crippen LogP contribution in [-0.4, -0.2) is 35.3 Å². The van der Waals surface area contributed by atoms with E-state index in [2.05, 4.69) is 53.7 Å². The largest absolute Gasteiger partial charge is 0.508 e. The number of phenolic OH excluding ortho intramolecular Hbond substituents is 1. The molecule has 0 amide bonds. The third kappa shape index (κ3) is 6.10. The molecule has 0 aliphatic carbocycles. The number of benzene rings is 1. The van der Waals surface area contributed by atoms with Crippen molar-refractivity contribution >= 4 is 0 Å². The van der Waals surface area contributed by atoms with Crippen LogP contribution in [-0.2, 0) is 6.54 Å². The molecule has 1 atom stereocenters. The van der Waals surface area contributed by atoms with Gasteiger partial charge in [-0.3, -0.25) is 4.90 Å². The van der Waals surface area contributed by atoms with Crippen LogP contribution in [0.4, 0.5) is 0 Å². The Balaban J connectivity index is 3.15. The molecule has 24 heavy (non-hydrogen) atoms. The van der Waals surface area contributed by atoms with Gasteiger partial charge in [0.25, 0.3) is 0 Å². The second-order valence-corrected chi connectivity index (χ2v) is 8.99. The lowest BCUT2D eigenvalue weighted by Crippen LogP contribution is -2.25. The molecule has 1 rings (SSSR count). The number of aliphatic hydroxyl groups is 1. The third-order valence-electron chi connectivity index (χ3n) is 5.19. The van der Waals surface area contributed by atoms with Gasteiger partial charge in [-0.05, 0) is 41.8 Å². The van der Waals surface area contributed by atoms with Gasteiger partial charge in [-0.2, -0.15) is 0 Å². The lowest BCUT2D eigenvalue weighted by atomic mass is 9.68. The number of nitrogens with zero attached hydrogens (tertiary/aromatic N) is 1. The van der Waals surface area contributed by atoms with Gasteiger partial charge in [0.1, 0.15) is 5.75 Å². The van der Waals surface area contributed by atoms with E-state index >= 15 is 0 Å². The van der Waals surface area contributed by atoms with E-state index in [4.69, 9.17) is 5.11 Å². The highest BCUT2D eigenvalue weighted by molar-refractivity contribution is 5.38. The molecule has 0 heterocycles. The van der Waals surface area contributed by atoms with Gasteiger partial charge in [0.2, 0.25) is 0 Å². The van der Waals surface area contributed by atoms with Gasteiger partial charge in [-0.15, -0.1) is 0 Å². The lowest BCUT2D eigenvalue weighted by Gasteiger charge is -2.37. The highest BCUT2D eigenvalue weighted by Gasteiger charge is 2.32. The number of hydrogen-bond acceptors (Lipinski definition) is 3. The summed E-state index contributed by atoms with van der Waals surface area (Å²) < 4.78 is 0. The molecular weight excluding hydrogens is 298 g/mol. The summed E-state index contributed by atoms with van der Waals surface area (Å²) in [6.45, 7) is 15.2. The zero-order valence-electron chi connectivity index (χ0n) is 16.7. The van der Waals surface area contributed by atoms with Crippen molar-refractivity contribution in [2.45, 2.75) is 66.8 Å². The molecule has 1 aromatic carbocycles. The first-order chi connectivity index (χ1) is 11.0.